The smallest absolute Gasteiger partial charge is 0.276 e. The van der Waals surface area contributed by atoms with Crippen LogP contribution in [0.3, 0.4) is 0 Å². The summed E-state index contributed by atoms with van der Waals surface area (Å²) in [4.78, 5) is 17.2. The van der Waals surface area contributed by atoms with Gasteiger partial charge < -0.3 is 0 Å². The molecule has 4 aromatic rings. The van der Waals surface area contributed by atoms with Crippen molar-refractivity contribution in [1.82, 2.24) is 14.6 Å². The lowest BCUT2D eigenvalue weighted by atomic mass is 10.1. The Hall–Kier alpha value is -3.14. The molecule has 4 nitrogen and oxygen atoms in total. The topological polar surface area (TPSA) is 50.2 Å². The zero-order valence-corrected chi connectivity index (χ0v) is 13.1. The summed E-state index contributed by atoms with van der Waals surface area (Å²) >= 11 is 0. The Morgan fingerprint density at radius 3 is 2.04 bits per heavy atom. The third kappa shape index (κ3) is 2.74. The van der Waals surface area contributed by atoms with Crippen molar-refractivity contribution in [2.24, 2.45) is 0 Å². The maximum absolute atomic E-state index is 12.7. The molecule has 0 bridgehead atoms. The molecule has 2 heterocycles. The molecule has 118 valence electrons. The Morgan fingerprint density at radius 2 is 1.42 bits per heavy atom. The molecule has 0 saturated carbocycles. The van der Waals surface area contributed by atoms with Crippen LogP contribution < -0.4 is 5.56 Å². The fourth-order valence-corrected chi connectivity index (χ4v) is 2.93. The molecule has 0 aliphatic heterocycles. The minimum Gasteiger partial charge on any atom is -0.297 e. The summed E-state index contributed by atoms with van der Waals surface area (Å²) < 4.78 is 1.54. The molecular weight excluding hydrogens is 298 g/mol. The van der Waals surface area contributed by atoms with Crippen molar-refractivity contribution >= 4 is 5.65 Å². The molecule has 0 unspecified atom stereocenters. The maximum atomic E-state index is 12.7. The molecule has 0 radical (unpaired) electrons. The average molecular weight is 315 g/mol. The van der Waals surface area contributed by atoms with Gasteiger partial charge >= 0.3 is 0 Å². The first-order valence-corrected chi connectivity index (χ1v) is 7.96. The van der Waals surface area contributed by atoms with Gasteiger partial charge in [-0.3, -0.25) is 9.89 Å². The monoisotopic (exact) mass is 315 g/mol. The highest BCUT2D eigenvalue weighted by atomic mass is 16.1. The van der Waals surface area contributed by atoms with Crippen molar-refractivity contribution in [3.05, 3.63) is 106 Å². The average Bonchev–Trinajstić information content (AvgIpc) is 3.03. The zero-order valence-electron chi connectivity index (χ0n) is 13.1. The number of hydrogen-bond acceptors (Lipinski definition) is 2. The molecule has 0 aliphatic rings. The van der Waals surface area contributed by atoms with E-state index in [0.717, 1.165) is 17.5 Å². The molecule has 0 spiro atoms. The van der Waals surface area contributed by atoms with Crippen LogP contribution in [0.5, 0.6) is 0 Å². The number of nitrogens with zero attached hydrogens (tertiary/aromatic N) is 2. The van der Waals surface area contributed by atoms with E-state index in [1.165, 1.54) is 10.1 Å². The first-order valence-electron chi connectivity index (χ1n) is 7.96. The van der Waals surface area contributed by atoms with Crippen molar-refractivity contribution < 1.29 is 0 Å². The molecule has 0 amide bonds. The molecular formula is C20H17N3O. The van der Waals surface area contributed by atoms with Crippen molar-refractivity contribution in [2.45, 2.75) is 12.8 Å². The lowest BCUT2D eigenvalue weighted by Gasteiger charge is -2.03. The van der Waals surface area contributed by atoms with Gasteiger partial charge in [-0.05, 0) is 11.1 Å². The van der Waals surface area contributed by atoms with E-state index in [1.807, 2.05) is 54.7 Å². The van der Waals surface area contributed by atoms with E-state index in [-0.39, 0.29) is 5.56 Å². The van der Waals surface area contributed by atoms with E-state index >= 15 is 0 Å². The highest BCUT2D eigenvalue weighted by Gasteiger charge is 2.11. The molecule has 2 aromatic carbocycles. The van der Waals surface area contributed by atoms with E-state index in [1.54, 1.807) is 6.20 Å². The van der Waals surface area contributed by atoms with Crippen molar-refractivity contribution in [2.75, 3.05) is 0 Å². The Balaban J connectivity index is 1.69. The van der Waals surface area contributed by atoms with Gasteiger partial charge in [0.1, 0.15) is 0 Å². The van der Waals surface area contributed by atoms with Crippen LogP contribution in [0.15, 0.2) is 77.9 Å². The number of H-pyrrole nitrogens is 1. The summed E-state index contributed by atoms with van der Waals surface area (Å²) in [6, 6.07) is 20.1. The van der Waals surface area contributed by atoms with Gasteiger partial charge in [-0.2, -0.15) is 0 Å². The Bertz CT molecular complexity index is 1020. The Labute approximate surface area is 139 Å². The molecule has 0 aliphatic carbocycles. The second kappa shape index (κ2) is 6.16. The van der Waals surface area contributed by atoms with Gasteiger partial charge in [0, 0.05) is 36.4 Å². The van der Waals surface area contributed by atoms with Gasteiger partial charge in [0.05, 0.1) is 0 Å². The van der Waals surface area contributed by atoms with Crippen LogP contribution in [0.25, 0.3) is 5.65 Å². The van der Waals surface area contributed by atoms with E-state index in [2.05, 4.69) is 22.2 Å². The lowest BCUT2D eigenvalue weighted by Crippen LogP contribution is -2.20. The number of hydrogen-bond donors (Lipinski definition) is 1. The van der Waals surface area contributed by atoms with Crippen LogP contribution >= 0.6 is 0 Å². The van der Waals surface area contributed by atoms with Crippen LogP contribution in [0.1, 0.15) is 22.3 Å². The maximum Gasteiger partial charge on any atom is 0.276 e. The van der Waals surface area contributed by atoms with Crippen molar-refractivity contribution in [1.29, 1.82) is 0 Å². The number of benzene rings is 2. The van der Waals surface area contributed by atoms with Crippen molar-refractivity contribution in [3.8, 4) is 0 Å². The summed E-state index contributed by atoms with van der Waals surface area (Å²) in [5.74, 6) is 0. The van der Waals surface area contributed by atoms with Crippen LogP contribution in [0.2, 0.25) is 0 Å². The Kier molecular flexibility index (Phi) is 3.71. The third-order valence-corrected chi connectivity index (χ3v) is 4.16. The largest absolute Gasteiger partial charge is 0.297 e. The van der Waals surface area contributed by atoms with Gasteiger partial charge in [-0.15, -0.1) is 0 Å². The standard InChI is InChI=1S/C20H17N3O/c24-20-18(12-16-9-5-2-6-10-16)13-21-19-17(14-22-23(19)20)11-15-7-3-1-4-8-15/h1-10,13-14,22H,11-12H2. The molecule has 1 N–H and O–H groups in total. The van der Waals surface area contributed by atoms with E-state index in [0.29, 0.717) is 17.6 Å². The van der Waals surface area contributed by atoms with Crippen LogP contribution in [-0.2, 0) is 12.8 Å². The van der Waals surface area contributed by atoms with Gasteiger partial charge in [-0.1, -0.05) is 60.7 Å². The van der Waals surface area contributed by atoms with Gasteiger partial charge in [0.2, 0.25) is 0 Å². The van der Waals surface area contributed by atoms with E-state index < -0.39 is 0 Å². The molecule has 0 fully saturated rings. The summed E-state index contributed by atoms with van der Waals surface area (Å²) in [5.41, 5.74) is 4.66. The summed E-state index contributed by atoms with van der Waals surface area (Å²) in [7, 11) is 0. The highest BCUT2D eigenvalue weighted by molar-refractivity contribution is 5.48. The van der Waals surface area contributed by atoms with E-state index in [4.69, 9.17) is 0 Å². The van der Waals surface area contributed by atoms with Gasteiger partial charge in [0.25, 0.3) is 5.56 Å². The predicted octanol–water partition coefficient (Wildman–Crippen LogP) is 3.20. The van der Waals surface area contributed by atoms with Crippen LogP contribution in [0.4, 0.5) is 0 Å². The minimum absolute atomic E-state index is 0.0387. The first kappa shape index (κ1) is 14.5. The molecule has 0 atom stereocenters. The molecule has 4 rings (SSSR count). The number of fused-ring (bicyclic) bond motifs is 1. The summed E-state index contributed by atoms with van der Waals surface area (Å²) in [5, 5.41) is 3.04. The number of aromatic nitrogens is 3. The van der Waals surface area contributed by atoms with Gasteiger partial charge in [-0.25, -0.2) is 9.50 Å². The quantitative estimate of drug-likeness (QED) is 0.629. The minimum atomic E-state index is -0.0387. The Morgan fingerprint density at radius 1 is 0.833 bits per heavy atom. The van der Waals surface area contributed by atoms with E-state index in [9.17, 15) is 4.79 Å². The molecule has 2 aromatic heterocycles. The van der Waals surface area contributed by atoms with Gasteiger partial charge in [0.15, 0.2) is 5.65 Å². The summed E-state index contributed by atoms with van der Waals surface area (Å²) in [6.45, 7) is 0. The van der Waals surface area contributed by atoms with Crippen molar-refractivity contribution in [3.63, 3.8) is 0 Å². The normalized spacial score (nSPS) is 11.0. The second-order valence-corrected chi connectivity index (χ2v) is 5.87. The number of rotatable bonds is 4. The molecule has 4 heteroatoms. The third-order valence-electron chi connectivity index (χ3n) is 4.16. The number of aromatic amines is 1. The fourth-order valence-electron chi connectivity index (χ4n) is 2.93. The summed E-state index contributed by atoms with van der Waals surface area (Å²) in [6.07, 6.45) is 4.90. The second-order valence-electron chi connectivity index (χ2n) is 5.87. The highest BCUT2D eigenvalue weighted by Crippen LogP contribution is 2.13. The fraction of sp³-hybridized carbons (Fsp3) is 0.100. The number of nitrogens with one attached hydrogen (secondary N) is 1. The SMILES string of the molecule is O=c1c(Cc2ccccc2)cnc2c(Cc3ccccc3)c[nH]n12. The lowest BCUT2D eigenvalue weighted by molar-refractivity contribution is 0.873. The zero-order chi connectivity index (χ0) is 16.4. The molecule has 24 heavy (non-hydrogen) atoms. The molecule has 0 saturated heterocycles. The predicted molar refractivity (Wildman–Crippen MR) is 94.3 cm³/mol. The van der Waals surface area contributed by atoms with Crippen LogP contribution in [-0.4, -0.2) is 14.6 Å². The van der Waals surface area contributed by atoms with Crippen LogP contribution in [0, 0.1) is 0 Å². The first-order chi connectivity index (χ1) is 11.8.